The van der Waals surface area contributed by atoms with Crippen molar-refractivity contribution in [2.75, 3.05) is 33.0 Å². The van der Waals surface area contributed by atoms with Crippen LogP contribution in [-0.4, -0.2) is 38.2 Å². The van der Waals surface area contributed by atoms with E-state index in [0.717, 1.165) is 6.61 Å². The third kappa shape index (κ3) is 7.84. The summed E-state index contributed by atoms with van der Waals surface area (Å²) in [4.78, 5) is 0. The first-order valence-electron chi connectivity index (χ1n) is 3.44. The summed E-state index contributed by atoms with van der Waals surface area (Å²) < 4.78 is 10.0. The number of nitrogens with one attached hydrogen (secondary N) is 1. The Morgan fingerprint density at radius 3 is 2.50 bits per heavy atom. The monoisotopic (exact) mass is 149 g/mol. The van der Waals surface area contributed by atoms with Crippen molar-refractivity contribution < 1.29 is 14.7 Å². The molecule has 0 aromatic heterocycles. The minimum atomic E-state index is 0.464. The van der Waals surface area contributed by atoms with Crippen molar-refractivity contribution in [3.05, 3.63) is 0 Å². The number of hydrogen-bond acceptors (Lipinski definition) is 4. The first kappa shape index (κ1) is 9.84. The maximum atomic E-state index is 8.11. The van der Waals surface area contributed by atoms with Crippen molar-refractivity contribution >= 4 is 0 Å². The standard InChI is InChI=1S/C6H15NO3/c1-2-9-5-6-10-4-3-7-8/h7-8H,2-6H2,1H3. The normalized spacial score (nSPS) is 10.2. The van der Waals surface area contributed by atoms with Gasteiger partial charge in [0.15, 0.2) is 0 Å². The Bertz CT molecular complexity index is 53.0. The van der Waals surface area contributed by atoms with Crippen LogP contribution in [0.2, 0.25) is 0 Å². The zero-order chi connectivity index (χ0) is 7.66. The van der Waals surface area contributed by atoms with Gasteiger partial charge in [-0.05, 0) is 6.92 Å². The van der Waals surface area contributed by atoms with Crippen LogP contribution < -0.4 is 5.48 Å². The summed E-state index contributed by atoms with van der Waals surface area (Å²) in [5, 5.41) is 8.11. The van der Waals surface area contributed by atoms with E-state index in [1.807, 2.05) is 12.4 Å². The molecule has 0 aromatic rings. The quantitative estimate of drug-likeness (QED) is 0.396. The average Bonchev–Trinajstić information content (AvgIpc) is 1.97. The number of ether oxygens (including phenoxy) is 2. The van der Waals surface area contributed by atoms with Crippen LogP contribution in [0, 0.1) is 0 Å². The summed E-state index contributed by atoms with van der Waals surface area (Å²) in [6.45, 7) is 4.87. The average molecular weight is 149 g/mol. The van der Waals surface area contributed by atoms with Gasteiger partial charge in [0.25, 0.3) is 0 Å². The van der Waals surface area contributed by atoms with Crippen molar-refractivity contribution in [2.45, 2.75) is 6.92 Å². The molecule has 0 fully saturated rings. The van der Waals surface area contributed by atoms with Gasteiger partial charge in [-0.3, -0.25) is 0 Å². The Morgan fingerprint density at radius 1 is 1.20 bits per heavy atom. The third-order valence-corrected chi connectivity index (χ3v) is 0.934. The molecule has 62 valence electrons. The molecule has 0 unspecified atom stereocenters. The molecule has 0 radical (unpaired) electrons. The van der Waals surface area contributed by atoms with Crippen LogP contribution in [0.5, 0.6) is 0 Å². The van der Waals surface area contributed by atoms with Crippen LogP contribution in [0.3, 0.4) is 0 Å². The zero-order valence-electron chi connectivity index (χ0n) is 6.30. The van der Waals surface area contributed by atoms with Crippen molar-refractivity contribution in [1.82, 2.24) is 5.48 Å². The van der Waals surface area contributed by atoms with Gasteiger partial charge in [0.2, 0.25) is 0 Å². The molecule has 0 rings (SSSR count). The summed E-state index contributed by atoms with van der Waals surface area (Å²) >= 11 is 0. The fraction of sp³-hybridized carbons (Fsp3) is 1.00. The maximum absolute atomic E-state index is 8.11. The highest BCUT2D eigenvalue weighted by Gasteiger charge is 1.86. The van der Waals surface area contributed by atoms with Crippen molar-refractivity contribution in [1.29, 1.82) is 0 Å². The smallest absolute Gasteiger partial charge is 0.0701 e. The second-order valence-corrected chi connectivity index (χ2v) is 1.72. The lowest BCUT2D eigenvalue weighted by molar-refractivity contribution is 0.0409. The predicted molar refractivity (Wildman–Crippen MR) is 37.1 cm³/mol. The van der Waals surface area contributed by atoms with Gasteiger partial charge in [-0.1, -0.05) is 0 Å². The number of rotatable bonds is 7. The lowest BCUT2D eigenvalue weighted by atomic mass is 10.7. The van der Waals surface area contributed by atoms with Crippen LogP contribution in [0.4, 0.5) is 0 Å². The highest BCUT2D eigenvalue weighted by Crippen LogP contribution is 1.76. The molecule has 0 atom stereocenters. The van der Waals surface area contributed by atoms with E-state index in [2.05, 4.69) is 0 Å². The van der Waals surface area contributed by atoms with Crippen LogP contribution in [0.1, 0.15) is 6.92 Å². The van der Waals surface area contributed by atoms with E-state index < -0.39 is 0 Å². The van der Waals surface area contributed by atoms with Gasteiger partial charge >= 0.3 is 0 Å². The van der Waals surface area contributed by atoms with Gasteiger partial charge in [0.05, 0.1) is 19.8 Å². The summed E-state index contributed by atoms with van der Waals surface area (Å²) in [5.74, 6) is 0. The second-order valence-electron chi connectivity index (χ2n) is 1.72. The Hall–Kier alpha value is -0.160. The zero-order valence-corrected chi connectivity index (χ0v) is 6.30. The van der Waals surface area contributed by atoms with Crippen molar-refractivity contribution in [3.63, 3.8) is 0 Å². The van der Waals surface area contributed by atoms with E-state index in [1.165, 1.54) is 0 Å². The SMILES string of the molecule is CCOCCOCCNO. The first-order chi connectivity index (χ1) is 4.91. The lowest BCUT2D eigenvalue weighted by Gasteiger charge is -2.02. The summed E-state index contributed by atoms with van der Waals surface area (Å²) in [7, 11) is 0. The van der Waals surface area contributed by atoms with Crippen LogP contribution in [0.15, 0.2) is 0 Å². The van der Waals surface area contributed by atoms with E-state index >= 15 is 0 Å². The first-order valence-corrected chi connectivity index (χ1v) is 3.44. The van der Waals surface area contributed by atoms with E-state index in [0.29, 0.717) is 26.4 Å². The van der Waals surface area contributed by atoms with Crippen LogP contribution >= 0.6 is 0 Å². The molecule has 0 aliphatic rings. The highest BCUT2D eigenvalue weighted by atomic mass is 16.5. The van der Waals surface area contributed by atoms with Crippen LogP contribution in [0.25, 0.3) is 0 Å². The van der Waals surface area contributed by atoms with E-state index in [9.17, 15) is 0 Å². The van der Waals surface area contributed by atoms with Crippen LogP contribution in [-0.2, 0) is 9.47 Å². The fourth-order valence-corrected chi connectivity index (χ4v) is 0.482. The molecular formula is C6H15NO3. The highest BCUT2D eigenvalue weighted by molar-refractivity contribution is 4.32. The largest absolute Gasteiger partial charge is 0.379 e. The maximum Gasteiger partial charge on any atom is 0.0701 e. The number of hydroxylamine groups is 1. The molecule has 10 heavy (non-hydrogen) atoms. The Kier molecular flexibility index (Phi) is 8.70. The molecule has 0 aliphatic carbocycles. The van der Waals surface area contributed by atoms with Crippen molar-refractivity contribution in [2.24, 2.45) is 0 Å². The molecule has 0 spiro atoms. The predicted octanol–water partition coefficient (Wildman–Crippen LogP) is 0.0183. The van der Waals surface area contributed by atoms with Gasteiger partial charge in [-0.2, -0.15) is 0 Å². The van der Waals surface area contributed by atoms with Gasteiger partial charge in [-0.25, -0.2) is 5.48 Å². The summed E-state index contributed by atoms with van der Waals surface area (Å²) in [6.07, 6.45) is 0. The molecule has 0 bridgehead atoms. The molecule has 0 saturated heterocycles. The third-order valence-electron chi connectivity index (χ3n) is 0.934. The van der Waals surface area contributed by atoms with Gasteiger partial charge in [0.1, 0.15) is 0 Å². The molecule has 4 nitrogen and oxygen atoms in total. The minimum Gasteiger partial charge on any atom is -0.379 e. The second kappa shape index (κ2) is 8.84. The van der Waals surface area contributed by atoms with Gasteiger partial charge < -0.3 is 14.7 Å². The lowest BCUT2D eigenvalue weighted by Crippen LogP contribution is -2.16. The minimum absolute atomic E-state index is 0.464. The molecule has 0 aliphatic heterocycles. The Labute approximate surface area is 61.1 Å². The van der Waals surface area contributed by atoms with Gasteiger partial charge in [-0.15, -0.1) is 0 Å². The van der Waals surface area contributed by atoms with Crippen molar-refractivity contribution in [3.8, 4) is 0 Å². The fourth-order valence-electron chi connectivity index (χ4n) is 0.482. The molecule has 4 heteroatoms. The number of hydrogen-bond donors (Lipinski definition) is 2. The molecular weight excluding hydrogens is 134 g/mol. The summed E-state index contributed by atoms with van der Waals surface area (Å²) in [6, 6.07) is 0. The van der Waals surface area contributed by atoms with E-state index in [4.69, 9.17) is 14.7 Å². The van der Waals surface area contributed by atoms with E-state index in [-0.39, 0.29) is 0 Å². The molecule has 0 amide bonds. The molecule has 0 heterocycles. The topological polar surface area (TPSA) is 50.7 Å². The Balaban J connectivity index is 2.65. The molecule has 0 aromatic carbocycles. The summed E-state index contributed by atoms with van der Waals surface area (Å²) in [5.41, 5.74) is 1.99. The Morgan fingerprint density at radius 2 is 1.90 bits per heavy atom. The molecule has 0 saturated carbocycles. The van der Waals surface area contributed by atoms with E-state index in [1.54, 1.807) is 0 Å². The molecule has 2 N–H and O–H groups in total. The van der Waals surface area contributed by atoms with Gasteiger partial charge in [0, 0.05) is 13.2 Å².